The van der Waals surface area contributed by atoms with Gasteiger partial charge in [0.15, 0.2) is 0 Å². The fourth-order valence-electron chi connectivity index (χ4n) is 1.57. The number of nitrogens with one attached hydrogen (secondary N) is 1. The highest BCUT2D eigenvalue weighted by molar-refractivity contribution is 6.18. The molecule has 1 nitrogen and oxygen atoms in total. The molecular formula is C13H20ClN. The second-order valence-corrected chi connectivity index (χ2v) is 4.99. The van der Waals surface area contributed by atoms with Crippen LogP contribution in [-0.4, -0.2) is 19.0 Å². The molecule has 15 heavy (non-hydrogen) atoms. The first-order chi connectivity index (χ1) is 7.06. The van der Waals surface area contributed by atoms with Gasteiger partial charge in [-0.05, 0) is 12.5 Å². The molecule has 1 rings (SSSR count). The molecule has 0 saturated carbocycles. The number of hydrogen-bond acceptors (Lipinski definition) is 1. The quantitative estimate of drug-likeness (QED) is 0.600. The van der Waals surface area contributed by atoms with E-state index >= 15 is 0 Å². The van der Waals surface area contributed by atoms with E-state index in [-0.39, 0.29) is 5.41 Å². The summed E-state index contributed by atoms with van der Waals surface area (Å²) in [6.45, 7) is 8.44. The van der Waals surface area contributed by atoms with E-state index in [1.165, 1.54) is 11.1 Å². The van der Waals surface area contributed by atoms with Crippen LogP contribution in [0, 0.1) is 6.92 Å². The molecule has 0 unspecified atom stereocenters. The molecule has 0 amide bonds. The molecule has 0 atom stereocenters. The second-order valence-electron chi connectivity index (χ2n) is 4.62. The molecule has 0 aliphatic heterocycles. The molecule has 0 saturated heterocycles. The van der Waals surface area contributed by atoms with Gasteiger partial charge in [-0.25, -0.2) is 0 Å². The van der Waals surface area contributed by atoms with Crippen molar-refractivity contribution in [1.82, 2.24) is 5.32 Å². The minimum absolute atomic E-state index is 0.166. The number of benzene rings is 1. The van der Waals surface area contributed by atoms with Gasteiger partial charge in [0.2, 0.25) is 0 Å². The van der Waals surface area contributed by atoms with E-state index in [9.17, 15) is 0 Å². The van der Waals surface area contributed by atoms with Gasteiger partial charge in [-0.3, -0.25) is 0 Å². The summed E-state index contributed by atoms with van der Waals surface area (Å²) in [5, 5.41) is 3.36. The van der Waals surface area contributed by atoms with Gasteiger partial charge >= 0.3 is 0 Å². The predicted molar refractivity (Wildman–Crippen MR) is 67.8 cm³/mol. The number of rotatable bonds is 5. The molecule has 0 aliphatic carbocycles. The Morgan fingerprint density at radius 2 is 1.80 bits per heavy atom. The van der Waals surface area contributed by atoms with Gasteiger partial charge in [0.1, 0.15) is 0 Å². The van der Waals surface area contributed by atoms with Crippen molar-refractivity contribution >= 4 is 11.6 Å². The summed E-state index contributed by atoms with van der Waals surface area (Å²) in [7, 11) is 0. The topological polar surface area (TPSA) is 12.0 Å². The summed E-state index contributed by atoms with van der Waals surface area (Å²) >= 11 is 5.63. The number of hydrogen-bond donors (Lipinski definition) is 1. The molecule has 0 heterocycles. The first-order valence-electron chi connectivity index (χ1n) is 5.40. The van der Waals surface area contributed by atoms with Crippen molar-refractivity contribution in [3.05, 3.63) is 35.4 Å². The van der Waals surface area contributed by atoms with Gasteiger partial charge < -0.3 is 5.32 Å². The first-order valence-corrected chi connectivity index (χ1v) is 5.93. The summed E-state index contributed by atoms with van der Waals surface area (Å²) < 4.78 is 0. The molecular weight excluding hydrogens is 206 g/mol. The third kappa shape index (κ3) is 3.84. The summed E-state index contributed by atoms with van der Waals surface area (Å²) in [5.41, 5.74) is 2.85. The highest BCUT2D eigenvalue weighted by atomic mass is 35.5. The van der Waals surface area contributed by atoms with E-state index in [1.54, 1.807) is 0 Å². The lowest BCUT2D eigenvalue weighted by Crippen LogP contribution is -2.33. The van der Waals surface area contributed by atoms with E-state index in [4.69, 9.17) is 11.6 Å². The molecule has 0 aliphatic rings. The summed E-state index contributed by atoms with van der Waals surface area (Å²) in [5.74, 6) is 0.671. The minimum Gasteiger partial charge on any atom is -0.315 e. The van der Waals surface area contributed by atoms with Gasteiger partial charge in [0, 0.05) is 24.4 Å². The lowest BCUT2D eigenvalue weighted by atomic mass is 9.84. The Balaban J connectivity index is 2.63. The number of alkyl halides is 1. The standard InChI is InChI=1S/C13H20ClN/c1-11-4-6-12(7-5-11)13(2,3)10-15-9-8-14/h4-7,15H,8-10H2,1-3H3. The van der Waals surface area contributed by atoms with Crippen molar-refractivity contribution in [2.45, 2.75) is 26.2 Å². The van der Waals surface area contributed by atoms with Crippen LogP contribution in [0.4, 0.5) is 0 Å². The second kappa shape index (κ2) is 5.53. The van der Waals surface area contributed by atoms with Crippen LogP contribution in [0.1, 0.15) is 25.0 Å². The largest absolute Gasteiger partial charge is 0.315 e. The average Bonchev–Trinajstić information content (AvgIpc) is 2.18. The average molecular weight is 226 g/mol. The maximum absolute atomic E-state index is 5.63. The normalized spacial score (nSPS) is 11.7. The van der Waals surface area contributed by atoms with Gasteiger partial charge in [0.05, 0.1) is 0 Å². The maximum atomic E-state index is 5.63. The Bertz CT molecular complexity index is 290. The molecule has 0 bridgehead atoms. The first kappa shape index (κ1) is 12.5. The van der Waals surface area contributed by atoms with Crippen LogP contribution in [0.25, 0.3) is 0 Å². The molecule has 1 N–H and O–H groups in total. The third-order valence-corrected chi connectivity index (χ3v) is 2.86. The van der Waals surface area contributed by atoms with Crippen molar-refractivity contribution in [2.24, 2.45) is 0 Å². The maximum Gasteiger partial charge on any atom is 0.0348 e. The van der Waals surface area contributed by atoms with Crippen LogP contribution in [0.3, 0.4) is 0 Å². The highest BCUT2D eigenvalue weighted by Crippen LogP contribution is 2.22. The van der Waals surface area contributed by atoms with Crippen LogP contribution >= 0.6 is 11.6 Å². The van der Waals surface area contributed by atoms with Crippen molar-refractivity contribution in [3.63, 3.8) is 0 Å². The van der Waals surface area contributed by atoms with Gasteiger partial charge in [0.25, 0.3) is 0 Å². The Morgan fingerprint density at radius 1 is 1.20 bits per heavy atom. The third-order valence-electron chi connectivity index (χ3n) is 2.67. The summed E-state index contributed by atoms with van der Waals surface area (Å²) in [4.78, 5) is 0. The zero-order valence-electron chi connectivity index (χ0n) is 9.81. The predicted octanol–water partition coefficient (Wildman–Crippen LogP) is 3.10. The molecule has 0 fully saturated rings. The van der Waals surface area contributed by atoms with Gasteiger partial charge in [-0.1, -0.05) is 43.7 Å². The van der Waals surface area contributed by atoms with Crippen LogP contribution < -0.4 is 5.32 Å². The molecule has 0 spiro atoms. The fraction of sp³-hybridized carbons (Fsp3) is 0.538. The van der Waals surface area contributed by atoms with Gasteiger partial charge in [-0.15, -0.1) is 11.6 Å². The summed E-state index contributed by atoms with van der Waals surface area (Å²) in [6, 6.07) is 8.74. The molecule has 84 valence electrons. The van der Waals surface area contributed by atoms with Crippen molar-refractivity contribution in [2.75, 3.05) is 19.0 Å². The lowest BCUT2D eigenvalue weighted by molar-refractivity contribution is 0.478. The van der Waals surface area contributed by atoms with Crippen molar-refractivity contribution < 1.29 is 0 Å². The SMILES string of the molecule is Cc1ccc(C(C)(C)CNCCCl)cc1. The van der Waals surface area contributed by atoms with Crippen LogP contribution in [0.5, 0.6) is 0 Å². The zero-order valence-corrected chi connectivity index (χ0v) is 10.6. The van der Waals surface area contributed by atoms with E-state index in [2.05, 4.69) is 50.4 Å². The van der Waals surface area contributed by atoms with Crippen LogP contribution in [-0.2, 0) is 5.41 Å². The molecule has 1 aromatic carbocycles. The number of aryl methyl sites for hydroxylation is 1. The highest BCUT2D eigenvalue weighted by Gasteiger charge is 2.19. The Kier molecular flexibility index (Phi) is 4.62. The lowest BCUT2D eigenvalue weighted by Gasteiger charge is -2.25. The van der Waals surface area contributed by atoms with E-state index in [0.717, 1.165) is 13.1 Å². The molecule has 0 radical (unpaired) electrons. The summed E-state index contributed by atoms with van der Waals surface area (Å²) in [6.07, 6.45) is 0. The van der Waals surface area contributed by atoms with E-state index in [0.29, 0.717) is 5.88 Å². The van der Waals surface area contributed by atoms with E-state index < -0.39 is 0 Å². The molecule has 1 aromatic rings. The Hall–Kier alpha value is -0.530. The molecule has 2 heteroatoms. The smallest absolute Gasteiger partial charge is 0.0348 e. The number of halogens is 1. The Labute approximate surface area is 97.8 Å². The fourth-order valence-corrected chi connectivity index (χ4v) is 1.71. The van der Waals surface area contributed by atoms with Gasteiger partial charge in [-0.2, -0.15) is 0 Å². The van der Waals surface area contributed by atoms with Crippen LogP contribution in [0.15, 0.2) is 24.3 Å². The Morgan fingerprint density at radius 3 is 2.33 bits per heavy atom. The van der Waals surface area contributed by atoms with Crippen LogP contribution in [0.2, 0.25) is 0 Å². The molecule has 0 aromatic heterocycles. The van der Waals surface area contributed by atoms with Crippen molar-refractivity contribution in [3.8, 4) is 0 Å². The van der Waals surface area contributed by atoms with E-state index in [1.807, 2.05) is 0 Å². The zero-order chi connectivity index (χ0) is 11.3. The van der Waals surface area contributed by atoms with Crippen molar-refractivity contribution in [1.29, 1.82) is 0 Å². The monoisotopic (exact) mass is 225 g/mol. The minimum atomic E-state index is 0.166.